The van der Waals surface area contributed by atoms with Gasteiger partial charge in [0.25, 0.3) is 0 Å². The quantitative estimate of drug-likeness (QED) is 0.775. The lowest BCUT2D eigenvalue weighted by Crippen LogP contribution is -2.26. The molecule has 1 aromatic rings. The first kappa shape index (κ1) is 15.4. The summed E-state index contributed by atoms with van der Waals surface area (Å²) in [5.74, 6) is 1.93. The lowest BCUT2D eigenvalue weighted by Gasteiger charge is -2.27. The number of aromatic nitrogens is 2. The zero-order valence-corrected chi connectivity index (χ0v) is 13.2. The van der Waals surface area contributed by atoms with E-state index >= 15 is 0 Å². The van der Waals surface area contributed by atoms with Gasteiger partial charge in [0.05, 0.1) is 5.69 Å². The Morgan fingerprint density at radius 2 is 2.10 bits per heavy atom. The molecule has 20 heavy (non-hydrogen) atoms. The molecule has 114 valence electrons. The highest BCUT2D eigenvalue weighted by Crippen LogP contribution is 2.25. The molecule has 0 bridgehead atoms. The van der Waals surface area contributed by atoms with Gasteiger partial charge in [0.2, 0.25) is 5.95 Å². The van der Waals surface area contributed by atoms with Crippen molar-refractivity contribution in [3.8, 4) is 0 Å². The molecule has 0 radical (unpaired) electrons. The van der Waals surface area contributed by atoms with E-state index in [1.165, 1.54) is 25.7 Å². The summed E-state index contributed by atoms with van der Waals surface area (Å²) in [5.41, 5.74) is 1.09. The van der Waals surface area contributed by atoms with E-state index in [4.69, 9.17) is 4.74 Å². The van der Waals surface area contributed by atoms with E-state index in [9.17, 15) is 0 Å². The first-order valence-electron chi connectivity index (χ1n) is 8.07. The molecule has 0 unspecified atom stereocenters. The average molecular weight is 279 g/mol. The van der Waals surface area contributed by atoms with Gasteiger partial charge in [0.1, 0.15) is 0 Å². The molecule has 1 fully saturated rings. The summed E-state index contributed by atoms with van der Waals surface area (Å²) in [5, 5.41) is 3.64. The van der Waals surface area contributed by atoms with E-state index in [0.717, 1.165) is 43.7 Å². The van der Waals surface area contributed by atoms with Gasteiger partial charge < -0.3 is 14.6 Å². The molecule has 1 heterocycles. The SMILES string of the molecule is CCOCCCn1cc(C)nc1NC1CCC(C)CC1. The molecule has 4 heteroatoms. The molecule has 0 saturated heterocycles. The lowest BCUT2D eigenvalue weighted by molar-refractivity contribution is 0.142. The molecule has 0 spiro atoms. The van der Waals surface area contributed by atoms with Crippen molar-refractivity contribution >= 4 is 5.95 Å². The van der Waals surface area contributed by atoms with Crippen molar-refractivity contribution in [2.75, 3.05) is 18.5 Å². The molecule has 0 aromatic carbocycles. The zero-order valence-electron chi connectivity index (χ0n) is 13.2. The summed E-state index contributed by atoms with van der Waals surface area (Å²) in [7, 11) is 0. The van der Waals surface area contributed by atoms with Crippen molar-refractivity contribution in [2.24, 2.45) is 5.92 Å². The summed E-state index contributed by atoms with van der Waals surface area (Å²) in [6.07, 6.45) is 8.39. The van der Waals surface area contributed by atoms with Gasteiger partial charge in [-0.3, -0.25) is 0 Å². The van der Waals surface area contributed by atoms with Crippen LogP contribution in [0.25, 0.3) is 0 Å². The Kier molecular flexibility index (Phi) is 5.89. The van der Waals surface area contributed by atoms with E-state index in [1.807, 2.05) is 6.92 Å². The molecule has 1 N–H and O–H groups in total. The third-order valence-corrected chi connectivity index (χ3v) is 4.14. The third-order valence-electron chi connectivity index (χ3n) is 4.14. The van der Waals surface area contributed by atoms with Crippen molar-refractivity contribution in [1.82, 2.24) is 9.55 Å². The second kappa shape index (κ2) is 7.67. The maximum atomic E-state index is 5.41. The standard InChI is InChI=1S/C16H29N3O/c1-4-20-11-5-10-19-12-14(3)17-16(19)18-15-8-6-13(2)7-9-15/h12-13,15H,4-11H2,1-3H3,(H,17,18). The van der Waals surface area contributed by atoms with Crippen molar-refractivity contribution < 1.29 is 4.74 Å². The van der Waals surface area contributed by atoms with Crippen molar-refractivity contribution in [3.63, 3.8) is 0 Å². The minimum absolute atomic E-state index is 0.596. The topological polar surface area (TPSA) is 39.1 Å². The van der Waals surface area contributed by atoms with Gasteiger partial charge in [-0.05, 0) is 51.9 Å². The lowest BCUT2D eigenvalue weighted by atomic mass is 9.87. The maximum Gasteiger partial charge on any atom is 0.203 e. The Hall–Kier alpha value is -1.03. The van der Waals surface area contributed by atoms with Crippen LogP contribution in [0.3, 0.4) is 0 Å². The summed E-state index contributed by atoms with van der Waals surface area (Å²) < 4.78 is 7.65. The third kappa shape index (κ3) is 4.51. The largest absolute Gasteiger partial charge is 0.382 e. The highest BCUT2D eigenvalue weighted by Gasteiger charge is 2.19. The van der Waals surface area contributed by atoms with Crippen LogP contribution in [0.4, 0.5) is 5.95 Å². The monoisotopic (exact) mass is 279 g/mol. The molecular formula is C16H29N3O. The predicted octanol–water partition coefficient (Wildman–Crippen LogP) is 3.61. The number of nitrogens with zero attached hydrogens (tertiary/aromatic N) is 2. The molecular weight excluding hydrogens is 250 g/mol. The van der Waals surface area contributed by atoms with E-state index in [0.29, 0.717) is 6.04 Å². The van der Waals surface area contributed by atoms with Crippen molar-refractivity contribution in [1.29, 1.82) is 0 Å². The van der Waals surface area contributed by atoms with Crippen LogP contribution in [-0.4, -0.2) is 28.8 Å². The first-order chi connectivity index (χ1) is 9.69. The van der Waals surface area contributed by atoms with Crippen LogP contribution >= 0.6 is 0 Å². The van der Waals surface area contributed by atoms with E-state index < -0.39 is 0 Å². The van der Waals surface area contributed by atoms with Crippen LogP contribution in [-0.2, 0) is 11.3 Å². The van der Waals surface area contributed by atoms with Gasteiger partial charge >= 0.3 is 0 Å². The highest BCUT2D eigenvalue weighted by molar-refractivity contribution is 5.30. The first-order valence-corrected chi connectivity index (χ1v) is 8.07. The fourth-order valence-corrected chi connectivity index (χ4v) is 2.90. The number of hydrogen-bond donors (Lipinski definition) is 1. The van der Waals surface area contributed by atoms with E-state index in [2.05, 4.69) is 34.9 Å². The Morgan fingerprint density at radius 3 is 2.80 bits per heavy atom. The number of nitrogens with one attached hydrogen (secondary N) is 1. The molecule has 2 rings (SSSR count). The van der Waals surface area contributed by atoms with Crippen molar-refractivity contribution in [3.05, 3.63) is 11.9 Å². The number of imidazole rings is 1. The molecule has 0 atom stereocenters. The van der Waals surface area contributed by atoms with Crippen LogP contribution < -0.4 is 5.32 Å². The second-order valence-electron chi connectivity index (χ2n) is 6.05. The summed E-state index contributed by atoms with van der Waals surface area (Å²) >= 11 is 0. The Morgan fingerprint density at radius 1 is 1.35 bits per heavy atom. The number of hydrogen-bond acceptors (Lipinski definition) is 3. The molecule has 0 amide bonds. The van der Waals surface area contributed by atoms with Crippen LogP contribution in [0, 0.1) is 12.8 Å². The molecule has 1 saturated carbocycles. The molecule has 1 aromatic heterocycles. The smallest absolute Gasteiger partial charge is 0.203 e. The van der Waals surface area contributed by atoms with Gasteiger partial charge in [-0.15, -0.1) is 0 Å². The highest BCUT2D eigenvalue weighted by atomic mass is 16.5. The average Bonchev–Trinajstić information content (AvgIpc) is 2.77. The maximum absolute atomic E-state index is 5.41. The minimum atomic E-state index is 0.596. The molecule has 1 aliphatic carbocycles. The fourth-order valence-electron chi connectivity index (χ4n) is 2.90. The fraction of sp³-hybridized carbons (Fsp3) is 0.812. The van der Waals surface area contributed by atoms with Crippen LogP contribution in [0.2, 0.25) is 0 Å². The number of aryl methyl sites for hydroxylation is 2. The van der Waals surface area contributed by atoms with Crippen LogP contribution in [0.5, 0.6) is 0 Å². The summed E-state index contributed by atoms with van der Waals surface area (Å²) in [6, 6.07) is 0.596. The Bertz CT molecular complexity index is 394. The van der Waals surface area contributed by atoms with Crippen LogP contribution in [0.1, 0.15) is 51.6 Å². The zero-order chi connectivity index (χ0) is 14.4. The number of ether oxygens (including phenoxy) is 1. The van der Waals surface area contributed by atoms with Crippen LogP contribution in [0.15, 0.2) is 6.20 Å². The minimum Gasteiger partial charge on any atom is -0.382 e. The van der Waals surface area contributed by atoms with Gasteiger partial charge in [-0.25, -0.2) is 4.98 Å². The summed E-state index contributed by atoms with van der Waals surface area (Å²) in [4.78, 5) is 4.63. The second-order valence-corrected chi connectivity index (χ2v) is 6.05. The Balaban J connectivity index is 1.86. The summed E-state index contributed by atoms with van der Waals surface area (Å²) in [6.45, 7) is 9.06. The number of anilines is 1. The van der Waals surface area contributed by atoms with E-state index in [-0.39, 0.29) is 0 Å². The molecule has 0 aliphatic heterocycles. The molecule has 1 aliphatic rings. The number of rotatable bonds is 7. The van der Waals surface area contributed by atoms with Gasteiger partial charge in [-0.1, -0.05) is 6.92 Å². The van der Waals surface area contributed by atoms with Gasteiger partial charge in [0, 0.05) is 32.0 Å². The normalized spacial score (nSPS) is 22.9. The Labute approximate surface area is 122 Å². The van der Waals surface area contributed by atoms with Gasteiger partial charge in [-0.2, -0.15) is 0 Å². The van der Waals surface area contributed by atoms with Gasteiger partial charge in [0.15, 0.2) is 0 Å². The predicted molar refractivity (Wildman–Crippen MR) is 83.1 cm³/mol. The van der Waals surface area contributed by atoms with E-state index in [1.54, 1.807) is 0 Å². The molecule has 4 nitrogen and oxygen atoms in total. The van der Waals surface area contributed by atoms with Crippen molar-refractivity contribution in [2.45, 2.75) is 65.5 Å².